The number of hydrogen-bond donors (Lipinski definition) is 2. The molecule has 0 aliphatic rings. The second-order valence-electron chi connectivity index (χ2n) is 3.99. The van der Waals surface area contributed by atoms with Crippen LogP contribution < -0.4 is 10.5 Å². The lowest BCUT2D eigenvalue weighted by Crippen LogP contribution is -1.96. The maximum Gasteiger partial charge on any atom is 0.124 e. The Kier molecular flexibility index (Phi) is 3.19. The van der Waals surface area contributed by atoms with Gasteiger partial charge in [0.1, 0.15) is 18.1 Å². The minimum absolute atomic E-state index is 0.164. The Balaban J connectivity index is 2.07. The SMILES string of the molecule is Cc1cccc(OCc2ccc(N)cc2O)c1. The molecule has 17 heavy (non-hydrogen) atoms. The molecule has 0 atom stereocenters. The number of nitrogen functional groups attached to an aromatic ring is 1. The molecule has 0 amide bonds. The molecule has 0 saturated heterocycles. The van der Waals surface area contributed by atoms with E-state index in [0.29, 0.717) is 12.3 Å². The largest absolute Gasteiger partial charge is 0.507 e. The van der Waals surface area contributed by atoms with Crippen LogP contribution in [0.5, 0.6) is 11.5 Å². The molecule has 0 unspecified atom stereocenters. The molecule has 2 aromatic rings. The normalized spacial score (nSPS) is 10.2. The summed E-state index contributed by atoms with van der Waals surface area (Å²) < 4.78 is 5.59. The highest BCUT2D eigenvalue weighted by Gasteiger charge is 2.02. The van der Waals surface area contributed by atoms with Crippen LogP contribution in [0.3, 0.4) is 0 Å². The molecular formula is C14H15NO2. The lowest BCUT2D eigenvalue weighted by atomic mass is 10.2. The minimum Gasteiger partial charge on any atom is -0.507 e. The van der Waals surface area contributed by atoms with E-state index < -0.39 is 0 Å². The summed E-state index contributed by atoms with van der Waals surface area (Å²) >= 11 is 0. The molecule has 88 valence electrons. The Labute approximate surface area is 100 Å². The average Bonchev–Trinajstić information content (AvgIpc) is 2.28. The molecule has 2 aromatic carbocycles. The number of aryl methyl sites for hydroxylation is 1. The van der Waals surface area contributed by atoms with Crippen LogP contribution in [0.1, 0.15) is 11.1 Å². The fraction of sp³-hybridized carbons (Fsp3) is 0.143. The van der Waals surface area contributed by atoms with Crippen LogP contribution in [0.25, 0.3) is 0 Å². The fourth-order valence-corrected chi connectivity index (χ4v) is 1.57. The van der Waals surface area contributed by atoms with E-state index in [-0.39, 0.29) is 5.75 Å². The lowest BCUT2D eigenvalue weighted by molar-refractivity contribution is 0.299. The van der Waals surface area contributed by atoms with Crippen LogP contribution in [0.2, 0.25) is 0 Å². The molecule has 2 rings (SSSR count). The van der Waals surface area contributed by atoms with E-state index >= 15 is 0 Å². The molecule has 0 spiro atoms. The first-order valence-corrected chi connectivity index (χ1v) is 5.42. The van der Waals surface area contributed by atoms with Gasteiger partial charge in [-0.3, -0.25) is 0 Å². The third-order valence-electron chi connectivity index (χ3n) is 2.49. The smallest absolute Gasteiger partial charge is 0.124 e. The predicted molar refractivity (Wildman–Crippen MR) is 68.0 cm³/mol. The van der Waals surface area contributed by atoms with Crippen molar-refractivity contribution in [1.29, 1.82) is 0 Å². The maximum atomic E-state index is 9.66. The highest BCUT2D eigenvalue weighted by molar-refractivity contribution is 5.47. The van der Waals surface area contributed by atoms with Crippen molar-refractivity contribution in [3.63, 3.8) is 0 Å². The number of phenols is 1. The van der Waals surface area contributed by atoms with Gasteiger partial charge in [-0.1, -0.05) is 12.1 Å². The van der Waals surface area contributed by atoms with Crippen LogP contribution in [0, 0.1) is 6.92 Å². The molecule has 0 bridgehead atoms. The highest BCUT2D eigenvalue weighted by Crippen LogP contribution is 2.22. The van der Waals surface area contributed by atoms with Gasteiger partial charge < -0.3 is 15.6 Å². The van der Waals surface area contributed by atoms with E-state index in [1.165, 1.54) is 6.07 Å². The van der Waals surface area contributed by atoms with E-state index in [1.54, 1.807) is 12.1 Å². The van der Waals surface area contributed by atoms with Gasteiger partial charge in [0.25, 0.3) is 0 Å². The van der Waals surface area contributed by atoms with Crippen LogP contribution in [-0.2, 0) is 6.61 Å². The van der Waals surface area contributed by atoms with E-state index in [2.05, 4.69) is 0 Å². The topological polar surface area (TPSA) is 55.5 Å². The molecular weight excluding hydrogens is 214 g/mol. The van der Waals surface area contributed by atoms with Crippen molar-refractivity contribution < 1.29 is 9.84 Å². The van der Waals surface area contributed by atoms with Gasteiger partial charge >= 0.3 is 0 Å². The third-order valence-corrected chi connectivity index (χ3v) is 2.49. The van der Waals surface area contributed by atoms with Crippen molar-refractivity contribution in [2.75, 3.05) is 5.73 Å². The van der Waals surface area contributed by atoms with Crippen molar-refractivity contribution in [1.82, 2.24) is 0 Å². The number of rotatable bonds is 3. The number of hydrogen-bond acceptors (Lipinski definition) is 3. The van der Waals surface area contributed by atoms with Gasteiger partial charge in [-0.25, -0.2) is 0 Å². The van der Waals surface area contributed by atoms with Crippen LogP contribution >= 0.6 is 0 Å². The Bertz CT molecular complexity index is 523. The van der Waals surface area contributed by atoms with Crippen LogP contribution in [0.4, 0.5) is 5.69 Å². The van der Waals surface area contributed by atoms with Crippen molar-refractivity contribution >= 4 is 5.69 Å². The van der Waals surface area contributed by atoms with Crippen molar-refractivity contribution in [3.05, 3.63) is 53.6 Å². The predicted octanol–water partition coefficient (Wildman–Crippen LogP) is 2.86. The number of benzene rings is 2. The quantitative estimate of drug-likeness (QED) is 0.796. The molecule has 3 heteroatoms. The Morgan fingerprint density at radius 3 is 2.71 bits per heavy atom. The molecule has 0 heterocycles. The molecule has 0 radical (unpaired) electrons. The summed E-state index contributed by atoms with van der Waals surface area (Å²) in [6, 6.07) is 12.8. The Morgan fingerprint density at radius 1 is 1.18 bits per heavy atom. The zero-order valence-corrected chi connectivity index (χ0v) is 9.68. The number of aromatic hydroxyl groups is 1. The zero-order valence-electron chi connectivity index (χ0n) is 9.68. The molecule has 3 N–H and O–H groups in total. The standard InChI is InChI=1S/C14H15NO2/c1-10-3-2-4-13(7-10)17-9-11-5-6-12(15)8-14(11)16/h2-8,16H,9,15H2,1H3. The van der Waals surface area contributed by atoms with Gasteiger partial charge in [-0.15, -0.1) is 0 Å². The molecule has 0 fully saturated rings. The summed E-state index contributed by atoms with van der Waals surface area (Å²) in [6.45, 7) is 2.34. The van der Waals surface area contributed by atoms with Gasteiger partial charge in [0.2, 0.25) is 0 Å². The number of nitrogens with two attached hydrogens (primary N) is 1. The summed E-state index contributed by atoms with van der Waals surface area (Å²) in [6.07, 6.45) is 0. The zero-order chi connectivity index (χ0) is 12.3. The Hall–Kier alpha value is -2.16. The second kappa shape index (κ2) is 4.78. The Morgan fingerprint density at radius 2 is 2.00 bits per heavy atom. The summed E-state index contributed by atoms with van der Waals surface area (Å²) in [5, 5.41) is 9.66. The molecule has 0 saturated carbocycles. The summed E-state index contributed by atoms with van der Waals surface area (Å²) in [5.74, 6) is 0.957. The first-order valence-electron chi connectivity index (χ1n) is 5.42. The van der Waals surface area contributed by atoms with Gasteiger partial charge in [0.15, 0.2) is 0 Å². The molecule has 0 aromatic heterocycles. The molecule has 3 nitrogen and oxygen atoms in total. The third kappa shape index (κ3) is 2.91. The first kappa shape index (κ1) is 11.3. The fourth-order valence-electron chi connectivity index (χ4n) is 1.57. The number of ether oxygens (including phenoxy) is 1. The summed E-state index contributed by atoms with van der Waals surface area (Å²) in [4.78, 5) is 0. The number of phenolic OH excluding ortho intramolecular Hbond substituents is 1. The molecule has 0 aliphatic heterocycles. The van der Waals surface area contributed by atoms with E-state index in [0.717, 1.165) is 16.9 Å². The first-order chi connectivity index (χ1) is 8.15. The minimum atomic E-state index is 0.164. The highest BCUT2D eigenvalue weighted by atomic mass is 16.5. The van der Waals surface area contributed by atoms with Gasteiger partial charge in [-0.05, 0) is 36.8 Å². The van der Waals surface area contributed by atoms with Crippen molar-refractivity contribution in [2.45, 2.75) is 13.5 Å². The summed E-state index contributed by atoms with van der Waals surface area (Å²) in [5.41, 5.74) is 7.96. The van der Waals surface area contributed by atoms with Crippen LogP contribution in [-0.4, -0.2) is 5.11 Å². The number of anilines is 1. The monoisotopic (exact) mass is 229 g/mol. The van der Waals surface area contributed by atoms with Crippen molar-refractivity contribution in [2.24, 2.45) is 0 Å². The van der Waals surface area contributed by atoms with E-state index in [4.69, 9.17) is 10.5 Å². The van der Waals surface area contributed by atoms with E-state index in [9.17, 15) is 5.11 Å². The van der Waals surface area contributed by atoms with Gasteiger partial charge in [0, 0.05) is 17.3 Å². The lowest BCUT2D eigenvalue weighted by Gasteiger charge is -2.08. The molecule has 0 aliphatic carbocycles. The average molecular weight is 229 g/mol. The van der Waals surface area contributed by atoms with Crippen molar-refractivity contribution in [3.8, 4) is 11.5 Å². The summed E-state index contributed by atoms with van der Waals surface area (Å²) in [7, 11) is 0. The van der Waals surface area contributed by atoms with Crippen LogP contribution in [0.15, 0.2) is 42.5 Å². The maximum absolute atomic E-state index is 9.66. The van der Waals surface area contributed by atoms with E-state index in [1.807, 2.05) is 31.2 Å². The van der Waals surface area contributed by atoms with Gasteiger partial charge in [-0.2, -0.15) is 0 Å². The second-order valence-corrected chi connectivity index (χ2v) is 3.99. The van der Waals surface area contributed by atoms with Gasteiger partial charge in [0.05, 0.1) is 0 Å².